The van der Waals surface area contributed by atoms with Crippen LogP contribution >= 0.6 is 7.14 Å². The van der Waals surface area contributed by atoms with Crippen LogP contribution in [0, 0.1) is 0 Å². The molecular weight excluding hydrogens is 511 g/mol. The molecule has 0 amide bonds. The van der Waals surface area contributed by atoms with E-state index < -0.39 is 7.14 Å². The predicted molar refractivity (Wildman–Crippen MR) is 162 cm³/mol. The van der Waals surface area contributed by atoms with Gasteiger partial charge >= 0.3 is 0 Å². The van der Waals surface area contributed by atoms with Crippen LogP contribution in [0.5, 0.6) is 23.0 Å². The minimum Gasteiger partial charge on any atom is -0.456 e. The molecule has 40 heavy (non-hydrogen) atoms. The average Bonchev–Trinajstić information content (AvgIpc) is 3.02. The Labute approximate surface area is 232 Å². The molecule has 4 heteroatoms. The lowest BCUT2D eigenvalue weighted by Gasteiger charge is -2.35. The van der Waals surface area contributed by atoms with E-state index >= 15 is 4.57 Å². The van der Waals surface area contributed by atoms with E-state index in [9.17, 15) is 0 Å². The van der Waals surface area contributed by atoms with Crippen molar-refractivity contribution in [3.63, 3.8) is 0 Å². The maximum atomic E-state index is 15.7. The maximum absolute atomic E-state index is 15.7. The van der Waals surface area contributed by atoms with Crippen molar-refractivity contribution in [2.75, 3.05) is 0 Å². The first-order valence-corrected chi connectivity index (χ1v) is 15.0. The zero-order chi connectivity index (χ0) is 26.7. The third-order valence-electron chi connectivity index (χ3n) is 7.72. The van der Waals surface area contributed by atoms with Crippen molar-refractivity contribution in [1.29, 1.82) is 0 Å². The third-order valence-corrected chi connectivity index (χ3v) is 10.9. The van der Waals surface area contributed by atoms with Crippen LogP contribution in [-0.4, -0.2) is 0 Å². The van der Waals surface area contributed by atoms with Crippen LogP contribution < -0.4 is 25.4 Å². The summed E-state index contributed by atoms with van der Waals surface area (Å²) in [5, 5.41) is 2.03. The van der Waals surface area contributed by atoms with Gasteiger partial charge in [0.25, 0.3) is 0 Å². The average molecular weight is 535 g/mol. The zero-order valence-corrected chi connectivity index (χ0v) is 22.3. The Balaban J connectivity index is 1.41. The molecule has 0 radical (unpaired) electrons. The summed E-state index contributed by atoms with van der Waals surface area (Å²) in [6.45, 7) is 0. The SMILES string of the molecule is O=P12c3ccc(-c4ccccc4)cc3Oc3cc(-c4ccccc4)cc(c31)Oc1c(-c3ccccc3)cccc12. The highest BCUT2D eigenvalue weighted by atomic mass is 31.2. The lowest BCUT2D eigenvalue weighted by Crippen LogP contribution is -2.35. The summed E-state index contributed by atoms with van der Waals surface area (Å²) in [5.74, 6) is 2.41. The van der Waals surface area contributed by atoms with Gasteiger partial charge in [0.2, 0.25) is 0 Å². The molecule has 2 aliphatic heterocycles. The number of para-hydroxylation sites is 1. The van der Waals surface area contributed by atoms with Gasteiger partial charge in [-0.25, -0.2) is 0 Å². The van der Waals surface area contributed by atoms with Crippen molar-refractivity contribution < 1.29 is 14.0 Å². The summed E-state index contributed by atoms with van der Waals surface area (Å²) in [6, 6.07) is 46.4. The van der Waals surface area contributed by atoms with Crippen LogP contribution in [0.1, 0.15) is 0 Å². The Hall–Kier alpha value is -4.85. The summed E-state index contributed by atoms with van der Waals surface area (Å²) >= 11 is 0. The second kappa shape index (κ2) is 8.84. The van der Waals surface area contributed by atoms with Crippen LogP contribution in [-0.2, 0) is 4.57 Å². The van der Waals surface area contributed by atoms with Crippen molar-refractivity contribution in [1.82, 2.24) is 0 Å². The molecule has 3 nitrogen and oxygen atoms in total. The first kappa shape index (κ1) is 23.1. The number of fused-ring (bicyclic) bond motifs is 4. The molecule has 0 saturated carbocycles. The second-order valence-electron chi connectivity index (χ2n) is 10.1. The van der Waals surface area contributed by atoms with Gasteiger partial charge in [0, 0.05) is 5.56 Å². The molecule has 0 saturated heterocycles. The minimum absolute atomic E-state index is 0.577. The zero-order valence-electron chi connectivity index (χ0n) is 21.5. The van der Waals surface area contributed by atoms with Gasteiger partial charge in [0.05, 0.1) is 10.6 Å². The van der Waals surface area contributed by atoms with E-state index in [0.29, 0.717) is 38.9 Å². The van der Waals surface area contributed by atoms with Gasteiger partial charge in [-0.05, 0) is 58.1 Å². The molecule has 6 aromatic carbocycles. The highest BCUT2D eigenvalue weighted by Crippen LogP contribution is 2.60. The summed E-state index contributed by atoms with van der Waals surface area (Å²) in [4.78, 5) is 0. The monoisotopic (exact) mass is 534 g/mol. The molecule has 0 bridgehead atoms. The summed E-state index contributed by atoms with van der Waals surface area (Å²) in [6.07, 6.45) is 0. The predicted octanol–water partition coefficient (Wildman–Crippen LogP) is 8.54. The molecule has 0 spiro atoms. The standard InChI is InChI=1S/C36H23O3P/c37-40-33-20-19-27(24-11-4-1-5-12-24)21-30(33)38-31-22-28(25-13-6-2-7-14-25)23-32(36(31)40)39-35-29(17-10-18-34(35)40)26-15-8-3-9-16-26/h1-23H. The van der Waals surface area contributed by atoms with E-state index in [1.54, 1.807) is 0 Å². The van der Waals surface area contributed by atoms with Crippen molar-refractivity contribution in [2.24, 2.45) is 0 Å². The molecule has 6 aromatic rings. The topological polar surface area (TPSA) is 35.5 Å². The molecule has 8 rings (SSSR count). The van der Waals surface area contributed by atoms with Crippen LogP contribution in [0.15, 0.2) is 140 Å². The molecular formula is C36H23O3P. The number of rotatable bonds is 3. The summed E-state index contributed by atoms with van der Waals surface area (Å²) < 4.78 is 28.9. The lowest BCUT2D eigenvalue weighted by atomic mass is 10.0. The van der Waals surface area contributed by atoms with Gasteiger partial charge in [0.15, 0.2) is 7.14 Å². The van der Waals surface area contributed by atoms with Crippen LogP contribution in [0.25, 0.3) is 33.4 Å². The smallest absolute Gasteiger partial charge is 0.185 e. The Morgan fingerprint density at radius 1 is 0.425 bits per heavy atom. The molecule has 0 aliphatic carbocycles. The summed E-state index contributed by atoms with van der Waals surface area (Å²) in [7, 11) is -3.34. The van der Waals surface area contributed by atoms with E-state index in [1.807, 2.05) is 103 Å². The van der Waals surface area contributed by atoms with Crippen LogP contribution in [0.3, 0.4) is 0 Å². The fraction of sp³-hybridized carbons (Fsp3) is 0. The fourth-order valence-electron chi connectivity index (χ4n) is 5.84. The van der Waals surface area contributed by atoms with Crippen LogP contribution in [0.4, 0.5) is 0 Å². The van der Waals surface area contributed by atoms with E-state index in [1.165, 1.54) is 0 Å². The first-order chi connectivity index (χ1) is 19.7. The van der Waals surface area contributed by atoms with Crippen molar-refractivity contribution in [3.8, 4) is 56.4 Å². The van der Waals surface area contributed by atoms with E-state index in [2.05, 4.69) is 36.4 Å². The van der Waals surface area contributed by atoms with Crippen molar-refractivity contribution in [2.45, 2.75) is 0 Å². The normalized spacial score (nSPS) is 16.1. The van der Waals surface area contributed by atoms with Crippen molar-refractivity contribution >= 4 is 23.1 Å². The second-order valence-corrected chi connectivity index (χ2v) is 12.7. The van der Waals surface area contributed by atoms with E-state index in [0.717, 1.165) is 33.4 Å². The van der Waals surface area contributed by atoms with Gasteiger partial charge in [-0.3, -0.25) is 0 Å². The first-order valence-electron chi connectivity index (χ1n) is 13.3. The molecule has 0 fully saturated rings. The number of hydrogen-bond acceptors (Lipinski definition) is 3. The fourth-order valence-corrected chi connectivity index (χ4v) is 8.87. The number of benzene rings is 6. The van der Waals surface area contributed by atoms with Gasteiger partial charge < -0.3 is 14.0 Å². The Kier molecular flexibility index (Phi) is 5.10. The molecule has 2 heterocycles. The van der Waals surface area contributed by atoms with Gasteiger partial charge in [-0.1, -0.05) is 109 Å². The Morgan fingerprint density at radius 3 is 1.68 bits per heavy atom. The molecule has 0 aromatic heterocycles. The van der Waals surface area contributed by atoms with E-state index in [-0.39, 0.29) is 0 Å². The lowest BCUT2D eigenvalue weighted by molar-refractivity contribution is 0.463. The Bertz CT molecular complexity index is 1970. The van der Waals surface area contributed by atoms with Crippen LogP contribution in [0.2, 0.25) is 0 Å². The number of hydrogen-bond donors (Lipinski definition) is 0. The Morgan fingerprint density at radius 2 is 1.00 bits per heavy atom. The quantitative estimate of drug-likeness (QED) is 0.213. The van der Waals surface area contributed by atoms with Crippen molar-refractivity contribution in [3.05, 3.63) is 140 Å². The molecule has 0 N–H and O–H groups in total. The minimum atomic E-state index is -3.34. The third kappa shape index (κ3) is 3.42. The number of ether oxygens (including phenoxy) is 2. The largest absolute Gasteiger partial charge is 0.456 e. The molecule has 1 unspecified atom stereocenters. The van der Waals surface area contributed by atoms with E-state index in [4.69, 9.17) is 9.47 Å². The highest BCUT2D eigenvalue weighted by Gasteiger charge is 2.47. The maximum Gasteiger partial charge on any atom is 0.185 e. The van der Waals surface area contributed by atoms with Gasteiger partial charge in [-0.15, -0.1) is 0 Å². The van der Waals surface area contributed by atoms with Gasteiger partial charge in [-0.2, -0.15) is 0 Å². The van der Waals surface area contributed by atoms with Gasteiger partial charge in [0.1, 0.15) is 28.3 Å². The molecule has 2 aliphatic rings. The highest BCUT2D eigenvalue weighted by molar-refractivity contribution is 7.86. The molecule has 190 valence electrons. The summed E-state index contributed by atoms with van der Waals surface area (Å²) in [5.41, 5.74) is 6.01. The molecule has 1 atom stereocenters.